The van der Waals surface area contributed by atoms with E-state index in [-0.39, 0.29) is 6.10 Å². The molecule has 0 amide bonds. The zero-order chi connectivity index (χ0) is 14.0. The van der Waals surface area contributed by atoms with Crippen LogP contribution >= 0.6 is 0 Å². The largest absolute Gasteiger partial charge is 0.393 e. The zero-order valence-electron chi connectivity index (χ0n) is 12.7. The van der Waals surface area contributed by atoms with Crippen LogP contribution in [0.15, 0.2) is 18.2 Å². The first-order valence-corrected chi connectivity index (χ1v) is 7.40. The maximum absolute atomic E-state index is 9.70. The number of rotatable bonds is 3. The monoisotopic (exact) mass is 261 g/mol. The topological polar surface area (TPSA) is 23.5 Å². The van der Waals surface area contributed by atoms with Crippen molar-refractivity contribution in [1.29, 1.82) is 0 Å². The van der Waals surface area contributed by atoms with Crippen molar-refractivity contribution in [2.75, 3.05) is 14.1 Å². The van der Waals surface area contributed by atoms with Gasteiger partial charge in [-0.05, 0) is 70.7 Å². The molecule has 0 saturated heterocycles. The van der Waals surface area contributed by atoms with E-state index in [4.69, 9.17) is 0 Å². The Bertz CT molecular complexity index is 419. The van der Waals surface area contributed by atoms with Crippen molar-refractivity contribution >= 4 is 0 Å². The summed E-state index contributed by atoms with van der Waals surface area (Å²) in [7, 11) is 4.36. The maximum Gasteiger partial charge on any atom is 0.0540 e. The van der Waals surface area contributed by atoms with E-state index in [1.165, 1.54) is 16.7 Å². The second kappa shape index (κ2) is 6.06. The number of nitrogens with zero attached hydrogens (tertiary/aromatic N) is 1. The summed E-state index contributed by atoms with van der Waals surface area (Å²) in [4.78, 5) is 2.35. The number of hydrogen-bond donors (Lipinski definition) is 1. The van der Waals surface area contributed by atoms with E-state index in [0.717, 1.165) is 25.7 Å². The minimum absolute atomic E-state index is 0.0716. The van der Waals surface area contributed by atoms with Gasteiger partial charge in [0.05, 0.1) is 6.10 Å². The third-order valence-corrected chi connectivity index (χ3v) is 4.50. The molecule has 1 aromatic carbocycles. The van der Waals surface area contributed by atoms with Crippen molar-refractivity contribution in [2.45, 2.75) is 51.7 Å². The second-order valence-corrected chi connectivity index (χ2v) is 6.34. The van der Waals surface area contributed by atoms with Crippen LogP contribution in [0.5, 0.6) is 0 Å². The van der Waals surface area contributed by atoms with Crippen LogP contribution in [0, 0.1) is 19.8 Å². The summed E-state index contributed by atoms with van der Waals surface area (Å²) in [5, 5.41) is 9.70. The van der Waals surface area contributed by atoms with E-state index < -0.39 is 0 Å². The summed E-state index contributed by atoms with van der Waals surface area (Å²) >= 11 is 0. The van der Waals surface area contributed by atoms with Crippen LogP contribution in [0.2, 0.25) is 0 Å². The normalized spacial score (nSPS) is 25.6. The van der Waals surface area contributed by atoms with Gasteiger partial charge >= 0.3 is 0 Å². The molecule has 2 rings (SSSR count). The van der Waals surface area contributed by atoms with Gasteiger partial charge < -0.3 is 10.0 Å². The van der Waals surface area contributed by atoms with Crippen LogP contribution in [0.25, 0.3) is 0 Å². The molecule has 1 aliphatic rings. The van der Waals surface area contributed by atoms with Gasteiger partial charge in [-0.2, -0.15) is 0 Å². The minimum Gasteiger partial charge on any atom is -0.393 e. The molecule has 0 spiro atoms. The van der Waals surface area contributed by atoms with Gasteiger partial charge in [-0.25, -0.2) is 0 Å². The molecule has 1 aromatic rings. The minimum atomic E-state index is -0.0716. The average Bonchev–Trinajstić information content (AvgIpc) is 2.36. The lowest BCUT2D eigenvalue weighted by molar-refractivity contribution is 0.0777. The third-order valence-electron chi connectivity index (χ3n) is 4.50. The fraction of sp³-hybridized carbons (Fsp3) is 0.647. The summed E-state index contributed by atoms with van der Waals surface area (Å²) in [5.41, 5.74) is 4.19. The molecule has 1 aliphatic carbocycles. The first-order chi connectivity index (χ1) is 8.99. The number of aryl methyl sites for hydroxylation is 2. The molecule has 1 N–H and O–H groups in total. The van der Waals surface area contributed by atoms with Crippen LogP contribution in [0.1, 0.15) is 48.4 Å². The summed E-state index contributed by atoms with van der Waals surface area (Å²) < 4.78 is 0. The van der Waals surface area contributed by atoms with Crippen LogP contribution in [-0.2, 0) is 0 Å². The first kappa shape index (κ1) is 14.5. The zero-order valence-corrected chi connectivity index (χ0v) is 12.7. The Balaban J connectivity index is 2.27. The number of aliphatic hydroxyl groups is 1. The lowest BCUT2D eigenvalue weighted by Crippen LogP contribution is -2.32. The van der Waals surface area contributed by atoms with Crippen LogP contribution in [0.4, 0.5) is 0 Å². The summed E-state index contributed by atoms with van der Waals surface area (Å²) in [6, 6.07) is 7.24. The molecule has 1 fully saturated rings. The molecule has 0 bridgehead atoms. The molecular formula is C17H27NO. The first-order valence-electron chi connectivity index (χ1n) is 7.40. The highest BCUT2D eigenvalue weighted by Gasteiger charge is 2.30. The molecule has 2 heteroatoms. The van der Waals surface area contributed by atoms with Gasteiger partial charge in [0, 0.05) is 6.04 Å². The average molecular weight is 261 g/mol. The van der Waals surface area contributed by atoms with Crippen LogP contribution in [0.3, 0.4) is 0 Å². The molecule has 1 saturated carbocycles. The molecular weight excluding hydrogens is 234 g/mol. The van der Waals surface area contributed by atoms with Crippen molar-refractivity contribution < 1.29 is 5.11 Å². The Hall–Kier alpha value is -0.860. The predicted octanol–water partition coefficient (Wildman–Crippen LogP) is 3.46. The number of benzene rings is 1. The predicted molar refractivity (Wildman–Crippen MR) is 80.3 cm³/mol. The van der Waals surface area contributed by atoms with E-state index in [1.54, 1.807) is 0 Å². The van der Waals surface area contributed by atoms with E-state index in [2.05, 4.69) is 51.0 Å². The van der Waals surface area contributed by atoms with E-state index in [0.29, 0.717) is 12.0 Å². The van der Waals surface area contributed by atoms with Gasteiger partial charge in [-0.15, -0.1) is 0 Å². The number of hydrogen-bond acceptors (Lipinski definition) is 2. The molecule has 0 aromatic heterocycles. The van der Waals surface area contributed by atoms with Crippen LogP contribution in [-0.4, -0.2) is 30.2 Å². The SMILES string of the molecule is Cc1ccc(C)c(C(C2CCC(O)CC2)N(C)C)c1. The highest BCUT2D eigenvalue weighted by Crippen LogP contribution is 2.38. The van der Waals surface area contributed by atoms with E-state index in [9.17, 15) is 5.11 Å². The Morgan fingerprint density at radius 1 is 1.11 bits per heavy atom. The molecule has 1 unspecified atom stereocenters. The molecule has 0 aliphatic heterocycles. The Kier molecular flexibility index (Phi) is 4.64. The highest BCUT2D eigenvalue weighted by atomic mass is 16.3. The van der Waals surface area contributed by atoms with Crippen molar-refractivity contribution in [3.05, 3.63) is 34.9 Å². The van der Waals surface area contributed by atoms with E-state index >= 15 is 0 Å². The molecule has 19 heavy (non-hydrogen) atoms. The van der Waals surface area contributed by atoms with Gasteiger partial charge in [-0.1, -0.05) is 23.8 Å². The summed E-state index contributed by atoms with van der Waals surface area (Å²) in [6.45, 7) is 4.38. The van der Waals surface area contributed by atoms with Gasteiger partial charge in [0.2, 0.25) is 0 Å². The Labute approximate surface area is 117 Å². The lowest BCUT2D eigenvalue weighted by atomic mass is 9.78. The fourth-order valence-corrected chi connectivity index (χ4v) is 3.45. The lowest BCUT2D eigenvalue weighted by Gasteiger charge is -2.37. The second-order valence-electron chi connectivity index (χ2n) is 6.34. The third kappa shape index (κ3) is 3.37. The van der Waals surface area contributed by atoms with Crippen molar-refractivity contribution in [1.82, 2.24) is 4.90 Å². The highest BCUT2D eigenvalue weighted by molar-refractivity contribution is 5.33. The van der Waals surface area contributed by atoms with Gasteiger partial charge in [-0.3, -0.25) is 0 Å². The van der Waals surface area contributed by atoms with Crippen molar-refractivity contribution in [2.24, 2.45) is 5.92 Å². The molecule has 2 nitrogen and oxygen atoms in total. The van der Waals surface area contributed by atoms with Gasteiger partial charge in [0.15, 0.2) is 0 Å². The molecule has 106 valence electrons. The smallest absolute Gasteiger partial charge is 0.0540 e. The summed E-state index contributed by atoms with van der Waals surface area (Å²) in [6.07, 6.45) is 4.12. The van der Waals surface area contributed by atoms with Gasteiger partial charge in [0.25, 0.3) is 0 Å². The fourth-order valence-electron chi connectivity index (χ4n) is 3.45. The molecule has 0 radical (unpaired) electrons. The molecule has 1 atom stereocenters. The van der Waals surface area contributed by atoms with Crippen molar-refractivity contribution in [3.8, 4) is 0 Å². The Morgan fingerprint density at radius 3 is 2.32 bits per heavy atom. The van der Waals surface area contributed by atoms with Crippen molar-refractivity contribution in [3.63, 3.8) is 0 Å². The van der Waals surface area contributed by atoms with Gasteiger partial charge in [0.1, 0.15) is 0 Å². The standard InChI is InChI=1S/C17H27NO/c1-12-5-6-13(2)16(11-12)17(18(3)4)14-7-9-15(19)10-8-14/h5-6,11,14-15,17,19H,7-10H2,1-4H3. The number of aliphatic hydroxyl groups excluding tert-OH is 1. The molecule has 0 heterocycles. The Morgan fingerprint density at radius 2 is 1.74 bits per heavy atom. The summed E-state index contributed by atoms with van der Waals surface area (Å²) in [5.74, 6) is 0.666. The van der Waals surface area contributed by atoms with E-state index in [1.807, 2.05) is 0 Å². The maximum atomic E-state index is 9.70. The quantitative estimate of drug-likeness (QED) is 0.900. The van der Waals surface area contributed by atoms with Crippen LogP contribution < -0.4 is 0 Å².